The molecule has 156 valence electrons. The first kappa shape index (κ1) is 21.3. The lowest BCUT2D eigenvalue weighted by atomic mass is 10.1. The van der Waals surface area contributed by atoms with Crippen molar-refractivity contribution in [3.8, 4) is 0 Å². The maximum atomic E-state index is 5.64. The Kier molecular flexibility index (Phi) is 7.67. The van der Waals surface area contributed by atoms with Crippen molar-refractivity contribution in [2.45, 2.75) is 46.5 Å². The first-order chi connectivity index (χ1) is 14.0. The van der Waals surface area contributed by atoms with E-state index in [1.54, 1.807) is 0 Å². The van der Waals surface area contributed by atoms with Crippen LogP contribution in [0.15, 0.2) is 47.5 Å². The van der Waals surface area contributed by atoms with Crippen LogP contribution in [0.2, 0.25) is 0 Å². The number of nitrogens with zero attached hydrogens (tertiary/aromatic N) is 2. The molecule has 2 aromatic rings. The molecular formula is C24H34N4O. The van der Waals surface area contributed by atoms with E-state index in [1.165, 1.54) is 27.8 Å². The van der Waals surface area contributed by atoms with Crippen LogP contribution in [0.5, 0.6) is 0 Å². The van der Waals surface area contributed by atoms with E-state index in [4.69, 9.17) is 4.74 Å². The van der Waals surface area contributed by atoms with Gasteiger partial charge in [-0.25, -0.2) is 0 Å². The molecule has 2 N–H and O–H groups in total. The summed E-state index contributed by atoms with van der Waals surface area (Å²) in [4.78, 5) is 6.83. The summed E-state index contributed by atoms with van der Waals surface area (Å²) >= 11 is 0. The molecule has 0 saturated carbocycles. The Labute approximate surface area is 175 Å². The van der Waals surface area contributed by atoms with Gasteiger partial charge in [-0.3, -0.25) is 9.89 Å². The second-order valence-electron chi connectivity index (χ2n) is 7.95. The Bertz CT molecular complexity index is 833. The highest BCUT2D eigenvalue weighted by Gasteiger charge is 2.16. The number of morpholine rings is 1. The van der Waals surface area contributed by atoms with E-state index < -0.39 is 0 Å². The van der Waals surface area contributed by atoms with E-state index in [0.717, 1.165) is 45.3 Å². The smallest absolute Gasteiger partial charge is 0.191 e. The molecule has 29 heavy (non-hydrogen) atoms. The van der Waals surface area contributed by atoms with Gasteiger partial charge >= 0.3 is 0 Å². The Morgan fingerprint density at radius 2 is 1.90 bits per heavy atom. The summed E-state index contributed by atoms with van der Waals surface area (Å²) in [5, 5.41) is 6.85. The van der Waals surface area contributed by atoms with E-state index in [2.05, 4.69) is 83.8 Å². The molecule has 5 nitrogen and oxygen atoms in total. The minimum absolute atomic E-state index is 0.320. The van der Waals surface area contributed by atoms with Crippen LogP contribution in [0.25, 0.3) is 0 Å². The van der Waals surface area contributed by atoms with Crippen LogP contribution in [0.4, 0.5) is 0 Å². The fourth-order valence-electron chi connectivity index (χ4n) is 3.76. The molecule has 5 heteroatoms. The highest BCUT2D eigenvalue weighted by Crippen LogP contribution is 2.12. The number of benzene rings is 2. The zero-order valence-corrected chi connectivity index (χ0v) is 18.2. The first-order valence-electron chi connectivity index (χ1n) is 10.5. The number of guanidine groups is 1. The van der Waals surface area contributed by atoms with Gasteiger partial charge in [-0.2, -0.15) is 0 Å². The average Bonchev–Trinajstić information content (AvgIpc) is 2.70. The molecule has 0 aromatic heterocycles. The maximum absolute atomic E-state index is 5.64. The molecule has 1 fully saturated rings. The van der Waals surface area contributed by atoms with E-state index in [-0.39, 0.29) is 0 Å². The second-order valence-corrected chi connectivity index (χ2v) is 7.95. The molecule has 1 saturated heterocycles. The number of aryl methyl sites for hydroxylation is 2. The number of rotatable bonds is 6. The molecule has 0 amide bonds. The van der Waals surface area contributed by atoms with Gasteiger partial charge in [0.15, 0.2) is 5.96 Å². The van der Waals surface area contributed by atoms with E-state index in [1.807, 2.05) is 7.05 Å². The summed E-state index contributed by atoms with van der Waals surface area (Å²) in [6, 6.07) is 15.3. The molecule has 0 bridgehead atoms. The topological polar surface area (TPSA) is 48.9 Å². The minimum Gasteiger partial charge on any atom is -0.376 e. The third-order valence-corrected chi connectivity index (χ3v) is 5.35. The normalized spacial score (nSPS) is 17.9. The van der Waals surface area contributed by atoms with Gasteiger partial charge in [0, 0.05) is 39.8 Å². The molecule has 1 heterocycles. The molecule has 0 aliphatic carbocycles. The van der Waals surface area contributed by atoms with Crippen LogP contribution in [0.1, 0.15) is 34.7 Å². The SMILES string of the molecule is CN=C(NCc1cccc(CN2CCOC(C)C2)c1)NCc1ccc(C)cc1C. The van der Waals surface area contributed by atoms with Gasteiger partial charge in [0.05, 0.1) is 12.7 Å². The second kappa shape index (κ2) is 10.4. The van der Waals surface area contributed by atoms with Crippen molar-refractivity contribution in [1.29, 1.82) is 0 Å². The molecule has 1 aliphatic rings. The number of hydrogen-bond donors (Lipinski definition) is 2. The highest BCUT2D eigenvalue weighted by molar-refractivity contribution is 5.79. The predicted molar refractivity (Wildman–Crippen MR) is 120 cm³/mol. The Hall–Kier alpha value is -2.37. The lowest BCUT2D eigenvalue weighted by Gasteiger charge is -2.31. The monoisotopic (exact) mass is 394 g/mol. The third-order valence-electron chi connectivity index (χ3n) is 5.35. The van der Waals surface area contributed by atoms with Gasteiger partial charge in [0.25, 0.3) is 0 Å². The van der Waals surface area contributed by atoms with Gasteiger partial charge in [0.1, 0.15) is 0 Å². The number of aliphatic imine (C=N–C) groups is 1. The van der Waals surface area contributed by atoms with Crippen LogP contribution in [-0.4, -0.2) is 43.7 Å². The molecule has 1 atom stereocenters. The van der Waals surface area contributed by atoms with Gasteiger partial charge < -0.3 is 15.4 Å². The Balaban J connectivity index is 1.51. The fraction of sp³-hybridized carbons (Fsp3) is 0.458. The van der Waals surface area contributed by atoms with Gasteiger partial charge in [-0.15, -0.1) is 0 Å². The Morgan fingerprint density at radius 3 is 2.66 bits per heavy atom. The largest absolute Gasteiger partial charge is 0.376 e. The van der Waals surface area contributed by atoms with Crippen molar-refractivity contribution in [1.82, 2.24) is 15.5 Å². The van der Waals surface area contributed by atoms with Crippen LogP contribution < -0.4 is 10.6 Å². The van der Waals surface area contributed by atoms with E-state index in [0.29, 0.717) is 6.10 Å². The summed E-state index contributed by atoms with van der Waals surface area (Å²) < 4.78 is 5.64. The van der Waals surface area contributed by atoms with Gasteiger partial charge in [-0.1, -0.05) is 48.0 Å². The molecule has 0 spiro atoms. The predicted octanol–water partition coefficient (Wildman–Crippen LogP) is 3.39. The number of hydrogen-bond acceptors (Lipinski definition) is 3. The van der Waals surface area contributed by atoms with Crippen LogP contribution >= 0.6 is 0 Å². The lowest BCUT2D eigenvalue weighted by Crippen LogP contribution is -2.40. The van der Waals surface area contributed by atoms with Crippen molar-refractivity contribution < 1.29 is 4.74 Å². The average molecular weight is 395 g/mol. The summed E-state index contributed by atoms with van der Waals surface area (Å²) in [7, 11) is 1.81. The van der Waals surface area contributed by atoms with Gasteiger partial charge in [-0.05, 0) is 43.0 Å². The molecule has 1 unspecified atom stereocenters. The fourth-order valence-corrected chi connectivity index (χ4v) is 3.76. The highest BCUT2D eigenvalue weighted by atomic mass is 16.5. The van der Waals surface area contributed by atoms with Gasteiger partial charge in [0.2, 0.25) is 0 Å². The van der Waals surface area contributed by atoms with Crippen LogP contribution in [0.3, 0.4) is 0 Å². The summed E-state index contributed by atoms with van der Waals surface area (Å²) in [6.45, 7) is 11.7. The quantitative estimate of drug-likeness (QED) is 0.582. The van der Waals surface area contributed by atoms with E-state index >= 15 is 0 Å². The summed E-state index contributed by atoms with van der Waals surface area (Å²) in [5.41, 5.74) is 6.49. The van der Waals surface area contributed by atoms with Crippen molar-refractivity contribution in [3.05, 3.63) is 70.3 Å². The van der Waals surface area contributed by atoms with Crippen molar-refractivity contribution >= 4 is 5.96 Å². The van der Waals surface area contributed by atoms with E-state index in [9.17, 15) is 0 Å². The molecule has 0 radical (unpaired) electrons. The van der Waals surface area contributed by atoms with Crippen LogP contribution in [-0.2, 0) is 24.4 Å². The van der Waals surface area contributed by atoms with Crippen molar-refractivity contribution in [3.63, 3.8) is 0 Å². The number of ether oxygens (including phenoxy) is 1. The molecule has 1 aliphatic heterocycles. The first-order valence-corrected chi connectivity index (χ1v) is 10.5. The zero-order valence-electron chi connectivity index (χ0n) is 18.2. The third kappa shape index (κ3) is 6.58. The molecule has 3 rings (SSSR count). The maximum Gasteiger partial charge on any atom is 0.191 e. The minimum atomic E-state index is 0.320. The van der Waals surface area contributed by atoms with Crippen LogP contribution in [0, 0.1) is 13.8 Å². The standard InChI is InChI=1S/C24H34N4O/c1-18-8-9-23(19(2)12-18)15-27-24(25-4)26-14-21-6-5-7-22(13-21)17-28-10-11-29-20(3)16-28/h5-9,12-13,20H,10-11,14-17H2,1-4H3,(H2,25,26,27). The summed E-state index contributed by atoms with van der Waals surface area (Å²) in [6.07, 6.45) is 0.320. The Morgan fingerprint density at radius 1 is 1.10 bits per heavy atom. The van der Waals surface area contributed by atoms with Crippen molar-refractivity contribution in [2.24, 2.45) is 4.99 Å². The molecular weight excluding hydrogens is 360 g/mol. The zero-order chi connectivity index (χ0) is 20.6. The van der Waals surface area contributed by atoms with Crippen molar-refractivity contribution in [2.75, 3.05) is 26.7 Å². The lowest BCUT2D eigenvalue weighted by molar-refractivity contribution is -0.0212. The molecule has 2 aromatic carbocycles. The number of nitrogens with one attached hydrogen (secondary N) is 2. The summed E-state index contributed by atoms with van der Waals surface area (Å²) in [5.74, 6) is 0.817.